The Balaban J connectivity index is 2.08. The van der Waals surface area contributed by atoms with Gasteiger partial charge in [-0.15, -0.1) is 0 Å². The summed E-state index contributed by atoms with van der Waals surface area (Å²) in [6.45, 7) is 1.72. The van der Waals surface area contributed by atoms with Crippen LogP contribution in [0.15, 0.2) is 54.6 Å². The number of carbonyl (C=O) groups is 2. The third-order valence-corrected chi connectivity index (χ3v) is 3.36. The van der Waals surface area contributed by atoms with Crippen LogP contribution >= 0.6 is 11.6 Å². The number of amides is 1. The molecule has 0 radical (unpaired) electrons. The highest BCUT2D eigenvalue weighted by molar-refractivity contribution is 6.30. The third-order valence-electron chi connectivity index (χ3n) is 3.10. The van der Waals surface area contributed by atoms with Crippen LogP contribution in [0.3, 0.4) is 0 Å². The van der Waals surface area contributed by atoms with Gasteiger partial charge >= 0.3 is 5.97 Å². The van der Waals surface area contributed by atoms with Crippen molar-refractivity contribution in [2.75, 3.05) is 13.2 Å². The van der Waals surface area contributed by atoms with Crippen LogP contribution in [0.4, 0.5) is 0 Å². The first-order valence-corrected chi connectivity index (χ1v) is 7.82. The van der Waals surface area contributed by atoms with Gasteiger partial charge in [0.15, 0.2) is 0 Å². The first kappa shape index (κ1) is 17.8. The van der Waals surface area contributed by atoms with Crippen LogP contribution < -0.4 is 10.1 Å². The van der Waals surface area contributed by atoms with Crippen LogP contribution in [0.5, 0.6) is 5.75 Å². The van der Waals surface area contributed by atoms with E-state index >= 15 is 0 Å². The molecule has 6 heteroatoms. The quantitative estimate of drug-likeness (QED) is 0.617. The molecule has 2 rings (SSSR count). The number of ether oxygens (including phenoxy) is 2. The number of para-hydroxylation sites is 1. The molecule has 0 bridgehead atoms. The number of benzene rings is 2. The van der Waals surface area contributed by atoms with Crippen molar-refractivity contribution in [1.29, 1.82) is 0 Å². The van der Waals surface area contributed by atoms with Gasteiger partial charge in [0.25, 0.3) is 0 Å². The largest absolute Gasteiger partial charge is 0.474 e. The Kier molecular flexibility index (Phi) is 6.63. The number of esters is 1. The second kappa shape index (κ2) is 8.93. The molecule has 2 aromatic rings. The van der Waals surface area contributed by atoms with Gasteiger partial charge in [-0.3, -0.25) is 4.79 Å². The number of nitrogens with one attached hydrogen (secondary N) is 1. The van der Waals surface area contributed by atoms with Gasteiger partial charge in [-0.05, 0) is 24.3 Å². The summed E-state index contributed by atoms with van der Waals surface area (Å²) in [5, 5.41) is 3.13. The second-order valence-corrected chi connectivity index (χ2v) is 5.45. The molecular weight excluding hydrogens is 330 g/mol. The minimum atomic E-state index is -0.915. The highest BCUT2D eigenvalue weighted by Crippen LogP contribution is 2.24. The Morgan fingerprint density at radius 3 is 2.38 bits per heavy atom. The van der Waals surface area contributed by atoms with Crippen molar-refractivity contribution in [3.05, 3.63) is 65.2 Å². The average molecular weight is 348 g/mol. The normalized spacial score (nSPS) is 11.4. The molecule has 0 spiro atoms. The second-order valence-electron chi connectivity index (χ2n) is 5.01. The van der Waals surface area contributed by atoms with Gasteiger partial charge < -0.3 is 14.8 Å². The SMILES string of the molecule is CC(=O)NCCOC(=O)C(Oc1ccccc1)c1ccc(Cl)cc1. The van der Waals surface area contributed by atoms with E-state index in [0.29, 0.717) is 16.3 Å². The maximum absolute atomic E-state index is 12.4. The lowest BCUT2D eigenvalue weighted by atomic mass is 10.1. The molecule has 0 aliphatic heterocycles. The maximum atomic E-state index is 12.4. The van der Waals surface area contributed by atoms with Crippen molar-refractivity contribution < 1.29 is 19.1 Å². The molecule has 24 heavy (non-hydrogen) atoms. The van der Waals surface area contributed by atoms with E-state index in [1.807, 2.05) is 18.2 Å². The topological polar surface area (TPSA) is 64.6 Å². The van der Waals surface area contributed by atoms with Gasteiger partial charge in [-0.1, -0.05) is 41.9 Å². The van der Waals surface area contributed by atoms with Gasteiger partial charge in [0.2, 0.25) is 12.0 Å². The van der Waals surface area contributed by atoms with Gasteiger partial charge in [0.05, 0.1) is 6.54 Å². The van der Waals surface area contributed by atoms with Crippen molar-refractivity contribution in [3.8, 4) is 5.75 Å². The van der Waals surface area contributed by atoms with Crippen molar-refractivity contribution in [1.82, 2.24) is 5.32 Å². The molecule has 0 aromatic heterocycles. The lowest BCUT2D eigenvalue weighted by Crippen LogP contribution is -2.28. The highest BCUT2D eigenvalue weighted by atomic mass is 35.5. The van der Waals surface area contributed by atoms with Crippen molar-refractivity contribution >= 4 is 23.5 Å². The van der Waals surface area contributed by atoms with Crippen molar-refractivity contribution in [2.24, 2.45) is 0 Å². The molecule has 1 unspecified atom stereocenters. The first-order valence-electron chi connectivity index (χ1n) is 7.44. The Bertz CT molecular complexity index is 673. The zero-order valence-electron chi connectivity index (χ0n) is 13.2. The average Bonchev–Trinajstić information content (AvgIpc) is 2.58. The van der Waals surface area contributed by atoms with Gasteiger partial charge in [-0.25, -0.2) is 4.79 Å². The van der Waals surface area contributed by atoms with Crippen LogP contribution in [0.2, 0.25) is 5.02 Å². The van der Waals surface area contributed by atoms with Gasteiger partial charge in [0.1, 0.15) is 12.4 Å². The Labute approximate surface area is 145 Å². The molecule has 1 atom stereocenters. The molecule has 126 valence electrons. The zero-order valence-corrected chi connectivity index (χ0v) is 14.0. The smallest absolute Gasteiger partial charge is 0.352 e. The molecule has 0 saturated heterocycles. The third kappa shape index (κ3) is 5.59. The van der Waals surface area contributed by atoms with E-state index in [1.54, 1.807) is 36.4 Å². The summed E-state index contributed by atoms with van der Waals surface area (Å²) in [7, 11) is 0. The number of hydrogen-bond acceptors (Lipinski definition) is 4. The van der Waals surface area contributed by atoms with Crippen LogP contribution in [-0.4, -0.2) is 25.0 Å². The van der Waals surface area contributed by atoms with E-state index in [1.165, 1.54) is 6.92 Å². The van der Waals surface area contributed by atoms with E-state index in [-0.39, 0.29) is 19.1 Å². The lowest BCUT2D eigenvalue weighted by molar-refractivity contribution is -0.152. The molecule has 0 heterocycles. The van der Waals surface area contributed by atoms with E-state index in [4.69, 9.17) is 21.1 Å². The Hall–Kier alpha value is -2.53. The monoisotopic (exact) mass is 347 g/mol. The molecule has 0 fully saturated rings. The Morgan fingerprint density at radius 2 is 1.75 bits per heavy atom. The standard InChI is InChI=1S/C18H18ClNO4/c1-13(21)20-11-12-23-18(22)17(14-7-9-15(19)10-8-14)24-16-5-3-2-4-6-16/h2-10,17H,11-12H2,1H3,(H,20,21). The van der Waals surface area contributed by atoms with Crippen molar-refractivity contribution in [2.45, 2.75) is 13.0 Å². The summed E-state index contributed by atoms with van der Waals surface area (Å²) in [4.78, 5) is 23.2. The molecule has 0 aliphatic carbocycles. The van der Waals surface area contributed by atoms with Crippen LogP contribution in [0.1, 0.15) is 18.6 Å². The van der Waals surface area contributed by atoms with E-state index < -0.39 is 12.1 Å². The fourth-order valence-electron chi connectivity index (χ4n) is 1.98. The van der Waals surface area contributed by atoms with E-state index in [9.17, 15) is 9.59 Å². The molecule has 0 aliphatic rings. The summed E-state index contributed by atoms with van der Waals surface area (Å²) in [5.74, 6) is -0.163. The number of hydrogen-bond donors (Lipinski definition) is 1. The highest BCUT2D eigenvalue weighted by Gasteiger charge is 2.24. The Morgan fingerprint density at radius 1 is 1.08 bits per heavy atom. The minimum Gasteiger partial charge on any atom is -0.474 e. The summed E-state index contributed by atoms with van der Waals surface area (Å²) in [6.07, 6.45) is -0.915. The lowest BCUT2D eigenvalue weighted by Gasteiger charge is -2.18. The molecule has 0 saturated carbocycles. The predicted molar refractivity (Wildman–Crippen MR) is 90.9 cm³/mol. The zero-order chi connectivity index (χ0) is 17.4. The van der Waals surface area contributed by atoms with Crippen LogP contribution in [0, 0.1) is 0 Å². The van der Waals surface area contributed by atoms with E-state index in [2.05, 4.69) is 5.32 Å². The summed E-state index contributed by atoms with van der Waals surface area (Å²) in [6, 6.07) is 15.8. The summed E-state index contributed by atoms with van der Waals surface area (Å²) < 4.78 is 11.0. The molecular formula is C18H18ClNO4. The molecule has 2 aromatic carbocycles. The molecule has 5 nitrogen and oxygen atoms in total. The summed E-state index contributed by atoms with van der Waals surface area (Å²) in [5.41, 5.74) is 0.632. The van der Waals surface area contributed by atoms with Crippen LogP contribution in [-0.2, 0) is 14.3 Å². The fraction of sp³-hybridized carbons (Fsp3) is 0.222. The maximum Gasteiger partial charge on any atom is 0.352 e. The van der Waals surface area contributed by atoms with E-state index in [0.717, 1.165) is 0 Å². The number of rotatable bonds is 7. The first-order chi connectivity index (χ1) is 11.6. The minimum absolute atomic E-state index is 0.0701. The van der Waals surface area contributed by atoms with Gasteiger partial charge in [0, 0.05) is 17.5 Å². The number of carbonyl (C=O) groups excluding carboxylic acids is 2. The summed E-state index contributed by atoms with van der Waals surface area (Å²) >= 11 is 5.89. The predicted octanol–water partition coefficient (Wildman–Crippen LogP) is 3.14. The fourth-order valence-corrected chi connectivity index (χ4v) is 2.11. The molecule has 1 N–H and O–H groups in total. The van der Waals surface area contributed by atoms with Gasteiger partial charge in [-0.2, -0.15) is 0 Å². The molecule has 1 amide bonds. The van der Waals surface area contributed by atoms with Crippen molar-refractivity contribution in [3.63, 3.8) is 0 Å². The van der Waals surface area contributed by atoms with Crippen LogP contribution in [0.25, 0.3) is 0 Å². The number of halogens is 1.